The van der Waals surface area contributed by atoms with E-state index < -0.39 is 12.1 Å². The number of carboxylic acids is 1. The number of benzene rings is 1. The van der Waals surface area contributed by atoms with Crippen LogP contribution in [0.15, 0.2) is 30.5 Å². The molecule has 1 aromatic heterocycles. The van der Waals surface area contributed by atoms with Crippen molar-refractivity contribution in [1.82, 2.24) is 4.57 Å². The number of aliphatic hydroxyl groups is 1. The average Bonchev–Trinajstić information content (AvgIpc) is 2.56. The molecule has 4 nitrogen and oxygen atoms in total. The van der Waals surface area contributed by atoms with E-state index in [0.29, 0.717) is 5.56 Å². The lowest BCUT2D eigenvalue weighted by Gasteiger charge is -2.09. The van der Waals surface area contributed by atoms with Crippen LogP contribution in [0.2, 0.25) is 0 Å². The van der Waals surface area contributed by atoms with Crippen molar-refractivity contribution < 1.29 is 15.0 Å². The molecule has 15 heavy (non-hydrogen) atoms. The van der Waals surface area contributed by atoms with Crippen LogP contribution in [0.4, 0.5) is 0 Å². The van der Waals surface area contributed by atoms with Crippen molar-refractivity contribution in [3.63, 3.8) is 0 Å². The first-order valence-corrected chi connectivity index (χ1v) is 4.54. The molecule has 2 aromatic rings. The maximum atomic E-state index is 10.6. The molecular weight excluding hydrogens is 194 g/mol. The second kappa shape index (κ2) is 3.40. The predicted molar refractivity (Wildman–Crippen MR) is 52.9 cm³/mol. The van der Waals surface area contributed by atoms with Crippen molar-refractivity contribution in [2.24, 2.45) is 7.05 Å². The van der Waals surface area contributed by atoms with Crippen molar-refractivity contribution in [2.45, 2.75) is 6.10 Å². The molecular formula is C11H10NO3-. The van der Waals surface area contributed by atoms with Gasteiger partial charge in [-0.3, -0.25) is 0 Å². The molecule has 1 N–H and O–H groups in total. The number of hydrogen-bond acceptors (Lipinski definition) is 3. The van der Waals surface area contributed by atoms with Gasteiger partial charge in [-0.1, -0.05) is 18.2 Å². The highest BCUT2D eigenvalue weighted by Crippen LogP contribution is 2.25. The largest absolute Gasteiger partial charge is 0.547 e. The number of carboxylic acid groups (broad SMARTS) is 1. The Bertz CT molecular complexity index is 516. The fraction of sp³-hybridized carbons (Fsp3) is 0.182. The quantitative estimate of drug-likeness (QED) is 0.746. The SMILES string of the molecule is Cn1cc(C(O)C(=O)[O-])c2ccccc21. The van der Waals surface area contributed by atoms with E-state index in [9.17, 15) is 15.0 Å². The molecule has 0 spiro atoms. The first-order valence-electron chi connectivity index (χ1n) is 4.54. The molecule has 0 aliphatic heterocycles. The number of fused-ring (bicyclic) bond motifs is 1. The fourth-order valence-electron chi connectivity index (χ4n) is 1.72. The van der Waals surface area contributed by atoms with Gasteiger partial charge >= 0.3 is 0 Å². The highest BCUT2D eigenvalue weighted by Gasteiger charge is 2.14. The summed E-state index contributed by atoms with van der Waals surface area (Å²) >= 11 is 0. The molecule has 0 radical (unpaired) electrons. The lowest BCUT2D eigenvalue weighted by molar-refractivity contribution is -0.315. The monoisotopic (exact) mass is 204 g/mol. The third kappa shape index (κ3) is 1.49. The normalized spacial score (nSPS) is 12.9. The lowest BCUT2D eigenvalue weighted by atomic mass is 10.1. The smallest absolute Gasteiger partial charge is 0.120 e. The van der Waals surface area contributed by atoms with Crippen LogP contribution in [0.1, 0.15) is 11.7 Å². The van der Waals surface area contributed by atoms with Gasteiger partial charge in [0, 0.05) is 29.7 Å². The molecule has 78 valence electrons. The van der Waals surface area contributed by atoms with E-state index in [1.807, 2.05) is 12.1 Å². The number of rotatable bonds is 2. The van der Waals surface area contributed by atoms with E-state index in [2.05, 4.69) is 0 Å². The van der Waals surface area contributed by atoms with Gasteiger partial charge in [0.1, 0.15) is 6.10 Å². The minimum absolute atomic E-state index is 0.369. The van der Waals surface area contributed by atoms with E-state index in [-0.39, 0.29) is 0 Å². The summed E-state index contributed by atoms with van der Waals surface area (Å²) in [5.74, 6) is -1.48. The number of aromatic nitrogens is 1. The first kappa shape index (κ1) is 9.73. The first-order chi connectivity index (χ1) is 7.11. The molecule has 0 fully saturated rings. The predicted octanol–water partition coefficient (Wildman–Crippen LogP) is -0.0384. The van der Waals surface area contributed by atoms with Gasteiger partial charge in [0.2, 0.25) is 0 Å². The van der Waals surface area contributed by atoms with E-state index in [4.69, 9.17) is 0 Å². The summed E-state index contributed by atoms with van der Waals surface area (Å²) in [5, 5.41) is 20.7. The zero-order valence-corrected chi connectivity index (χ0v) is 8.18. The molecule has 2 rings (SSSR count). The summed E-state index contributed by atoms with van der Waals surface area (Å²) in [6.45, 7) is 0. The Morgan fingerprint density at radius 2 is 2.13 bits per heavy atom. The van der Waals surface area contributed by atoms with Crippen LogP contribution in [-0.4, -0.2) is 15.6 Å². The van der Waals surface area contributed by atoms with Gasteiger partial charge < -0.3 is 19.6 Å². The molecule has 0 bridgehead atoms. The molecule has 1 heterocycles. The summed E-state index contributed by atoms with van der Waals surface area (Å²) in [7, 11) is 1.80. The van der Waals surface area contributed by atoms with Gasteiger partial charge in [-0.2, -0.15) is 0 Å². The average molecular weight is 204 g/mol. The van der Waals surface area contributed by atoms with E-state index in [1.54, 1.807) is 29.9 Å². The van der Waals surface area contributed by atoms with Gasteiger partial charge in [0.15, 0.2) is 0 Å². The van der Waals surface area contributed by atoms with Crippen LogP contribution < -0.4 is 5.11 Å². The van der Waals surface area contributed by atoms with Gasteiger partial charge in [0.05, 0.1) is 5.97 Å². The zero-order chi connectivity index (χ0) is 11.0. The molecule has 0 aliphatic rings. The van der Waals surface area contributed by atoms with Crippen LogP contribution in [0.3, 0.4) is 0 Å². The Balaban J connectivity index is 2.67. The van der Waals surface area contributed by atoms with E-state index >= 15 is 0 Å². The number of para-hydroxylation sites is 1. The Kier molecular flexibility index (Phi) is 2.21. The van der Waals surface area contributed by atoms with Gasteiger partial charge in [-0.25, -0.2) is 0 Å². The number of hydrogen-bond donors (Lipinski definition) is 1. The molecule has 1 unspecified atom stereocenters. The number of carbonyl (C=O) groups excluding carboxylic acids is 1. The Hall–Kier alpha value is -1.81. The third-order valence-corrected chi connectivity index (χ3v) is 2.45. The number of carbonyl (C=O) groups is 1. The molecule has 0 aliphatic carbocycles. The summed E-state index contributed by atoms with van der Waals surface area (Å²) in [6, 6.07) is 7.29. The lowest BCUT2D eigenvalue weighted by Crippen LogP contribution is -2.29. The van der Waals surface area contributed by atoms with Crippen molar-refractivity contribution in [3.8, 4) is 0 Å². The van der Waals surface area contributed by atoms with E-state index in [0.717, 1.165) is 10.9 Å². The Labute approximate surface area is 86.4 Å². The number of aryl methyl sites for hydroxylation is 1. The minimum atomic E-state index is -1.57. The van der Waals surface area contributed by atoms with Crippen LogP contribution in [0, 0.1) is 0 Å². The van der Waals surface area contributed by atoms with Gasteiger partial charge in [-0.05, 0) is 6.07 Å². The summed E-state index contributed by atoms with van der Waals surface area (Å²) < 4.78 is 1.77. The number of aliphatic carboxylic acids is 1. The molecule has 0 saturated carbocycles. The summed E-state index contributed by atoms with van der Waals surface area (Å²) in [4.78, 5) is 10.6. The van der Waals surface area contributed by atoms with Crippen LogP contribution in [0.5, 0.6) is 0 Å². The Morgan fingerprint density at radius 1 is 1.47 bits per heavy atom. The highest BCUT2D eigenvalue weighted by molar-refractivity contribution is 5.88. The minimum Gasteiger partial charge on any atom is -0.547 e. The van der Waals surface area contributed by atoms with Crippen LogP contribution in [0.25, 0.3) is 10.9 Å². The fourth-order valence-corrected chi connectivity index (χ4v) is 1.72. The summed E-state index contributed by atoms with van der Waals surface area (Å²) in [5.41, 5.74) is 1.25. The van der Waals surface area contributed by atoms with Crippen LogP contribution in [-0.2, 0) is 11.8 Å². The summed E-state index contributed by atoms with van der Waals surface area (Å²) in [6.07, 6.45) is 0.0293. The van der Waals surface area contributed by atoms with Crippen molar-refractivity contribution >= 4 is 16.9 Å². The maximum absolute atomic E-state index is 10.6. The standard InChI is InChI=1S/C11H11NO3/c1-12-6-8(10(13)11(14)15)7-4-2-3-5-9(7)12/h2-6,10,13H,1H3,(H,14,15)/p-1. The van der Waals surface area contributed by atoms with Crippen molar-refractivity contribution in [3.05, 3.63) is 36.0 Å². The van der Waals surface area contributed by atoms with Gasteiger partial charge in [0.25, 0.3) is 0 Å². The number of nitrogens with zero attached hydrogens (tertiary/aromatic N) is 1. The molecule has 1 atom stereocenters. The molecule has 0 amide bonds. The molecule has 1 aromatic carbocycles. The maximum Gasteiger partial charge on any atom is 0.120 e. The highest BCUT2D eigenvalue weighted by atomic mass is 16.4. The Morgan fingerprint density at radius 3 is 2.80 bits per heavy atom. The van der Waals surface area contributed by atoms with E-state index in [1.165, 1.54) is 0 Å². The second-order valence-corrected chi connectivity index (χ2v) is 3.43. The zero-order valence-electron chi connectivity index (χ0n) is 8.18. The molecule has 4 heteroatoms. The molecule has 0 saturated heterocycles. The second-order valence-electron chi connectivity index (χ2n) is 3.43. The van der Waals surface area contributed by atoms with Gasteiger partial charge in [-0.15, -0.1) is 0 Å². The van der Waals surface area contributed by atoms with Crippen LogP contribution >= 0.6 is 0 Å². The topological polar surface area (TPSA) is 65.3 Å². The van der Waals surface area contributed by atoms with Crippen molar-refractivity contribution in [2.75, 3.05) is 0 Å². The third-order valence-electron chi connectivity index (χ3n) is 2.45. The van der Waals surface area contributed by atoms with Crippen molar-refractivity contribution in [1.29, 1.82) is 0 Å². The number of aliphatic hydroxyl groups excluding tert-OH is 1.